The van der Waals surface area contributed by atoms with Crippen molar-refractivity contribution < 1.29 is 14.1 Å². The number of hydrogen-bond donors (Lipinski definition) is 0. The quantitative estimate of drug-likeness (QED) is 0.676. The molecule has 1 saturated heterocycles. The highest BCUT2D eigenvalue weighted by Gasteiger charge is 2.28. The van der Waals surface area contributed by atoms with Crippen LogP contribution in [0.1, 0.15) is 46.1 Å². The summed E-state index contributed by atoms with van der Waals surface area (Å²) in [6.45, 7) is 7.34. The minimum Gasteiger partial charge on any atom is -0.368 e. The SMILES string of the molecule is CCc1onc(C)c1-c1cccc([C@H]2CN(C(=O)c3cncc(C)c3)CCO2)n1. The maximum absolute atomic E-state index is 12.9. The van der Waals surface area contributed by atoms with Crippen LogP contribution in [0, 0.1) is 13.8 Å². The van der Waals surface area contributed by atoms with Crippen molar-refractivity contribution in [1.82, 2.24) is 20.0 Å². The van der Waals surface area contributed by atoms with E-state index < -0.39 is 0 Å². The summed E-state index contributed by atoms with van der Waals surface area (Å²) in [5.41, 5.74) is 4.92. The Labute approximate surface area is 169 Å². The third-order valence-electron chi connectivity index (χ3n) is 5.09. The third kappa shape index (κ3) is 3.91. The molecule has 0 radical (unpaired) electrons. The highest BCUT2D eigenvalue weighted by atomic mass is 16.5. The molecule has 1 aliphatic heterocycles. The first-order chi connectivity index (χ1) is 14.1. The number of carbonyl (C=O) groups is 1. The van der Waals surface area contributed by atoms with E-state index in [0.29, 0.717) is 25.3 Å². The Kier molecular flexibility index (Phi) is 5.40. The summed E-state index contributed by atoms with van der Waals surface area (Å²) in [5, 5.41) is 4.08. The van der Waals surface area contributed by atoms with Crippen LogP contribution in [-0.4, -0.2) is 45.6 Å². The number of ether oxygens (including phenoxy) is 1. The Morgan fingerprint density at radius 1 is 1.28 bits per heavy atom. The van der Waals surface area contributed by atoms with Crippen molar-refractivity contribution in [3.63, 3.8) is 0 Å². The van der Waals surface area contributed by atoms with E-state index in [2.05, 4.69) is 10.1 Å². The summed E-state index contributed by atoms with van der Waals surface area (Å²) < 4.78 is 11.4. The molecule has 3 aromatic rings. The van der Waals surface area contributed by atoms with Crippen LogP contribution in [0.4, 0.5) is 0 Å². The first-order valence-electron chi connectivity index (χ1n) is 9.81. The number of amides is 1. The van der Waals surface area contributed by atoms with E-state index in [9.17, 15) is 4.79 Å². The molecule has 0 unspecified atom stereocenters. The van der Waals surface area contributed by atoms with Gasteiger partial charge in [-0.1, -0.05) is 18.1 Å². The highest BCUT2D eigenvalue weighted by Crippen LogP contribution is 2.29. The van der Waals surface area contributed by atoms with Gasteiger partial charge in [0.05, 0.1) is 41.4 Å². The average molecular weight is 392 g/mol. The zero-order chi connectivity index (χ0) is 20.4. The van der Waals surface area contributed by atoms with E-state index >= 15 is 0 Å². The van der Waals surface area contributed by atoms with Gasteiger partial charge in [-0.25, -0.2) is 4.98 Å². The monoisotopic (exact) mass is 392 g/mol. The summed E-state index contributed by atoms with van der Waals surface area (Å²) in [6.07, 6.45) is 3.82. The zero-order valence-corrected chi connectivity index (χ0v) is 16.9. The van der Waals surface area contributed by atoms with E-state index in [0.717, 1.165) is 40.4 Å². The molecular weight excluding hydrogens is 368 g/mol. The Bertz CT molecular complexity index is 1030. The lowest BCUT2D eigenvalue weighted by molar-refractivity contribution is -0.0247. The van der Waals surface area contributed by atoms with Crippen LogP contribution >= 0.6 is 0 Å². The number of morpholine rings is 1. The fourth-order valence-electron chi connectivity index (χ4n) is 3.62. The minimum absolute atomic E-state index is 0.0335. The van der Waals surface area contributed by atoms with Gasteiger partial charge >= 0.3 is 0 Å². The fourth-order valence-corrected chi connectivity index (χ4v) is 3.62. The average Bonchev–Trinajstić information content (AvgIpc) is 3.14. The number of nitrogens with zero attached hydrogens (tertiary/aromatic N) is 4. The van der Waals surface area contributed by atoms with Gasteiger partial charge in [-0.3, -0.25) is 9.78 Å². The lowest BCUT2D eigenvalue weighted by Crippen LogP contribution is -2.42. The standard InChI is InChI=1S/C22H24N4O3/c1-4-19-21(15(3)25-29-19)18-7-5-6-17(24-18)20-13-26(8-9-28-20)22(27)16-10-14(2)11-23-12-16/h5-7,10-12,20H,4,8-9,13H2,1-3H3/t20-/m1/s1. The van der Waals surface area contributed by atoms with Crippen molar-refractivity contribution in [2.45, 2.75) is 33.3 Å². The molecule has 0 aromatic carbocycles. The maximum atomic E-state index is 12.9. The topological polar surface area (TPSA) is 81.4 Å². The molecule has 1 amide bonds. The molecule has 7 heteroatoms. The Morgan fingerprint density at radius 3 is 2.93 bits per heavy atom. The molecule has 29 heavy (non-hydrogen) atoms. The van der Waals surface area contributed by atoms with Crippen molar-refractivity contribution in [2.24, 2.45) is 0 Å². The van der Waals surface area contributed by atoms with Gasteiger partial charge in [0.25, 0.3) is 5.91 Å². The molecule has 7 nitrogen and oxygen atoms in total. The van der Waals surface area contributed by atoms with Crippen LogP contribution in [-0.2, 0) is 11.2 Å². The number of rotatable bonds is 4. The summed E-state index contributed by atoms with van der Waals surface area (Å²) >= 11 is 0. The van der Waals surface area contributed by atoms with Gasteiger partial charge in [0.2, 0.25) is 0 Å². The van der Waals surface area contributed by atoms with Gasteiger partial charge in [0, 0.05) is 25.4 Å². The summed E-state index contributed by atoms with van der Waals surface area (Å²) in [4.78, 5) is 23.7. The Balaban J connectivity index is 1.57. The summed E-state index contributed by atoms with van der Waals surface area (Å²) in [5.74, 6) is 0.786. The number of aryl methyl sites for hydroxylation is 3. The Morgan fingerprint density at radius 2 is 2.14 bits per heavy atom. The molecule has 1 fully saturated rings. The number of aromatic nitrogens is 3. The van der Waals surface area contributed by atoms with Crippen molar-refractivity contribution in [2.75, 3.05) is 19.7 Å². The van der Waals surface area contributed by atoms with Crippen LogP contribution in [0.2, 0.25) is 0 Å². The molecule has 0 spiro atoms. The van der Waals surface area contributed by atoms with Crippen LogP contribution in [0.5, 0.6) is 0 Å². The molecule has 0 aliphatic carbocycles. The van der Waals surface area contributed by atoms with Crippen LogP contribution in [0.3, 0.4) is 0 Å². The molecular formula is C22H24N4O3. The first kappa shape index (κ1) is 19.3. The molecule has 1 atom stereocenters. The highest BCUT2D eigenvalue weighted by molar-refractivity contribution is 5.94. The number of carbonyl (C=O) groups excluding carboxylic acids is 1. The molecule has 4 heterocycles. The van der Waals surface area contributed by atoms with Crippen molar-refractivity contribution in [3.8, 4) is 11.3 Å². The van der Waals surface area contributed by atoms with E-state index in [-0.39, 0.29) is 12.0 Å². The van der Waals surface area contributed by atoms with Gasteiger partial charge in [-0.05, 0) is 37.6 Å². The van der Waals surface area contributed by atoms with Crippen molar-refractivity contribution >= 4 is 5.91 Å². The van der Waals surface area contributed by atoms with Gasteiger partial charge in [0.15, 0.2) is 0 Å². The smallest absolute Gasteiger partial charge is 0.255 e. The molecule has 0 bridgehead atoms. The first-order valence-corrected chi connectivity index (χ1v) is 9.81. The number of pyridine rings is 2. The third-order valence-corrected chi connectivity index (χ3v) is 5.09. The molecule has 3 aromatic heterocycles. The zero-order valence-electron chi connectivity index (χ0n) is 16.9. The van der Waals surface area contributed by atoms with Gasteiger partial charge in [-0.2, -0.15) is 0 Å². The lowest BCUT2D eigenvalue weighted by Gasteiger charge is -2.32. The lowest BCUT2D eigenvalue weighted by atomic mass is 10.1. The van der Waals surface area contributed by atoms with Crippen molar-refractivity contribution in [3.05, 3.63) is 64.9 Å². The predicted octanol–water partition coefficient (Wildman–Crippen LogP) is 3.52. The van der Waals surface area contributed by atoms with Crippen LogP contribution in [0.15, 0.2) is 41.2 Å². The second kappa shape index (κ2) is 8.13. The number of hydrogen-bond acceptors (Lipinski definition) is 6. The summed E-state index contributed by atoms with van der Waals surface area (Å²) in [7, 11) is 0. The van der Waals surface area contributed by atoms with E-state index in [1.165, 1.54) is 0 Å². The van der Waals surface area contributed by atoms with E-state index in [4.69, 9.17) is 14.2 Å². The summed E-state index contributed by atoms with van der Waals surface area (Å²) in [6, 6.07) is 7.70. The molecule has 0 saturated carbocycles. The van der Waals surface area contributed by atoms with Crippen molar-refractivity contribution in [1.29, 1.82) is 0 Å². The minimum atomic E-state index is -0.282. The van der Waals surface area contributed by atoms with E-state index in [1.54, 1.807) is 17.3 Å². The second-order valence-corrected chi connectivity index (χ2v) is 7.23. The molecule has 1 aliphatic rings. The van der Waals surface area contributed by atoms with Gasteiger partial charge in [0.1, 0.15) is 11.9 Å². The largest absolute Gasteiger partial charge is 0.368 e. The van der Waals surface area contributed by atoms with Crippen LogP contribution in [0.25, 0.3) is 11.3 Å². The predicted molar refractivity (Wildman–Crippen MR) is 107 cm³/mol. The fraction of sp³-hybridized carbons (Fsp3) is 0.364. The maximum Gasteiger partial charge on any atom is 0.255 e. The van der Waals surface area contributed by atoms with Gasteiger partial charge in [-0.15, -0.1) is 0 Å². The molecule has 0 N–H and O–H groups in total. The second-order valence-electron chi connectivity index (χ2n) is 7.23. The Hall–Kier alpha value is -3.06. The van der Waals surface area contributed by atoms with Crippen LogP contribution < -0.4 is 0 Å². The normalized spacial score (nSPS) is 16.8. The molecule has 4 rings (SSSR count). The van der Waals surface area contributed by atoms with Gasteiger partial charge < -0.3 is 14.2 Å². The molecule has 150 valence electrons. The van der Waals surface area contributed by atoms with E-state index in [1.807, 2.05) is 45.0 Å².